The molecule has 1 N–H and O–H groups in total. The number of hydrogen-bond donors (Lipinski definition) is 1. The lowest BCUT2D eigenvalue weighted by atomic mass is 10.2. The van der Waals surface area contributed by atoms with Crippen LogP contribution in [0.5, 0.6) is 0 Å². The van der Waals surface area contributed by atoms with Crippen LogP contribution in [0.4, 0.5) is 0 Å². The van der Waals surface area contributed by atoms with E-state index in [0.29, 0.717) is 6.54 Å². The lowest BCUT2D eigenvalue weighted by molar-refractivity contribution is -0.132. The number of carbonyl (C=O) groups is 1. The average molecular weight is 355 g/mol. The molecule has 3 rings (SSSR count). The average Bonchev–Trinajstić information content (AvgIpc) is 3.07. The van der Waals surface area contributed by atoms with Gasteiger partial charge in [-0.3, -0.25) is 4.79 Å². The predicted octanol–water partition coefficient (Wildman–Crippen LogP) is 0.607. The number of likely N-dealkylation sites (tertiary alicyclic amines) is 1. The Hall–Kier alpha value is -1.48. The highest BCUT2D eigenvalue weighted by Crippen LogP contribution is 2.32. The fourth-order valence-electron chi connectivity index (χ4n) is 3.57. The molecule has 1 fully saturated rings. The normalized spacial score (nSPS) is 21.5. The first-order valence-corrected chi connectivity index (χ1v) is 10.5. The first-order valence-electron chi connectivity index (χ1n) is 8.62. The van der Waals surface area contributed by atoms with Crippen molar-refractivity contribution in [3.8, 4) is 0 Å². The van der Waals surface area contributed by atoms with Crippen LogP contribution in [0.2, 0.25) is 0 Å². The number of sulfonamides is 1. The molecule has 9 heteroatoms. The van der Waals surface area contributed by atoms with E-state index in [1.807, 2.05) is 4.90 Å². The first kappa shape index (κ1) is 17.3. The molecule has 0 unspecified atom stereocenters. The zero-order chi connectivity index (χ0) is 17.2. The summed E-state index contributed by atoms with van der Waals surface area (Å²) in [6, 6.07) is -0.0323. The second-order valence-corrected chi connectivity index (χ2v) is 8.43. The van der Waals surface area contributed by atoms with Gasteiger partial charge in [0.25, 0.3) is 0 Å². The Kier molecular flexibility index (Phi) is 5.19. The van der Waals surface area contributed by atoms with Gasteiger partial charge >= 0.3 is 0 Å². The summed E-state index contributed by atoms with van der Waals surface area (Å²) < 4.78 is 26.8. The number of nitrogens with one attached hydrogen (secondary N) is 1. The van der Waals surface area contributed by atoms with Crippen molar-refractivity contribution in [2.24, 2.45) is 0 Å². The molecule has 24 heavy (non-hydrogen) atoms. The molecule has 3 heterocycles. The quantitative estimate of drug-likeness (QED) is 0.834. The number of aryl methyl sites for hydroxylation is 1. The Morgan fingerprint density at radius 2 is 2.04 bits per heavy atom. The lowest BCUT2D eigenvalue weighted by Crippen LogP contribution is -2.35. The van der Waals surface area contributed by atoms with Gasteiger partial charge in [0, 0.05) is 32.5 Å². The fourth-order valence-corrected chi connectivity index (χ4v) is 4.05. The smallest absolute Gasteiger partial charge is 0.224 e. The molecule has 2 aliphatic rings. The summed E-state index contributed by atoms with van der Waals surface area (Å²) in [5.41, 5.74) is 0. The highest BCUT2D eigenvalue weighted by molar-refractivity contribution is 7.88. The van der Waals surface area contributed by atoms with E-state index in [1.165, 1.54) is 6.42 Å². The predicted molar refractivity (Wildman–Crippen MR) is 88.7 cm³/mol. The van der Waals surface area contributed by atoms with E-state index in [0.717, 1.165) is 56.6 Å². The van der Waals surface area contributed by atoms with Gasteiger partial charge in [0.1, 0.15) is 5.82 Å². The van der Waals surface area contributed by atoms with Crippen LogP contribution in [0, 0.1) is 0 Å². The first-order chi connectivity index (χ1) is 11.5. The maximum Gasteiger partial charge on any atom is 0.224 e. The van der Waals surface area contributed by atoms with Gasteiger partial charge in [-0.2, -0.15) is 0 Å². The maximum absolute atomic E-state index is 12.5. The molecule has 1 atom stereocenters. The Morgan fingerprint density at radius 1 is 1.21 bits per heavy atom. The molecule has 0 aromatic carbocycles. The van der Waals surface area contributed by atoms with E-state index in [2.05, 4.69) is 19.5 Å². The monoisotopic (exact) mass is 355 g/mol. The minimum absolute atomic E-state index is 0.0281. The van der Waals surface area contributed by atoms with E-state index in [-0.39, 0.29) is 24.9 Å². The van der Waals surface area contributed by atoms with Crippen LogP contribution in [-0.2, 0) is 27.8 Å². The molecule has 8 nitrogen and oxygen atoms in total. The summed E-state index contributed by atoms with van der Waals surface area (Å²) in [5, 5.41) is 8.71. The summed E-state index contributed by atoms with van der Waals surface area (Å²) in [4.78, 5) is 14.3. The summed E-state index contributed by atoms with van der Waals surface area (Å²) in [7, 11) is -3.26. The molecule has 1 amide bonds. The number of nitrogens with zero attached hydrogens (tertiary/aromatic N) is 4. The van der Waals surface area contributed by atoms with Crippen molar-refractivity contribution in [1.29, 1.82) is 0 Å². The van der Waals surface area contributed by atoms with Crippen molar-refractivity contribution in [2.75, 3.05) is 19.3 Å². The third kappa shape index (κ3) is 3.94. The van der Waals surface area contributed by atoms with Crippen molar-refractivity contribution in [2.45, 2.75) is 57.5 Å². The van der Waals surface area contributed by atoms with Crippen LogP contribution in [0.1, 0.15) is 56.2 Å². The van der Waals surface area contributed by atoms with E-state index in [9.17, 15) is 13.2 Å². The summed E-state index contributed by atoms with van der Waals surface area (Å²) in [6.45, 7) is 1.76. The van der Waals surface area contributed by atoms with Crippen LogP contribution >= 0.6 is 0 Å². The Balaban J connectivity index is 1.69. The van der Waals surface area contributed by atoms with Gasteiger partial charge in [-0.1, -0.05) is 6.42 Å². The van der Waals surface area contributed by atoms with Crippen LogP contribution < -0.4 is 4.72 Å². The second kappa shape index (κ2) is 7.18. The highest BCUT2D eigenvalue weighted by Gasteiger charge is 2.34. The number of aromatic nitrogens is 3. The van der Waals surface area contributed by atoms with Crippen LogP contribution in [0.15, 0.2) is 0 Å². The molecular weight excluding hydrogens is 330 g/mol. The standard InChI is InChI=1S/C15H25N5O3S/c1-24(22,23)16-9-8-14(21)19-11-5-6-12(19)15-18-17-13-7-3-2-4-10-20(13)15/h12,16H,2-11H2,1H3/t12-/m1/s1. The number of hydrogen-bond acceptors (Lipinski definition) is 5. The molecule has 0 aliphatic carbocycles. The van der Waals surface area contributed by atoms with Gasteiger partial charge in [0.05, 0.1) is 12.3 Å². The van der Waals surface area contributed by atoms with E-state index in [4.69, 9.17) is 0 Å². The SMILES string of the molecule is CS(=O)(=O)NCCC(=O)N1CCC[C@@H]1c1nnc2n1CCCCC2. The van der Waals surface area contributed by atoms with Gasteiger partial charge in [0.2, 0.25) is 15.9 Å². The van der Waals surface area contributed by atoms with Crippen molar-refractivity contribution >= 4 is 15.9 Å². The minimum atomic E-state index is -3.26. The summed E-state index contributed by atoms with van der Waals surface area (Å²) in [6.07, 6.45) is 7.52. The zero-order valence-electron chi connectivity index (χ0n) is 14.1. The Bertz CT molecular complexity index is 700. The van der Waals surface area contributed by atoms with Crippen LogP contribution in [0.3, 0.4) is 0 Å². The third-order valence-electron chi connectivity index (χ3n) is 4.71. The molecule has 0 radical (unpaired) electrons. The molecule has 0 spiro atoms. The van der Waals surface area contributed by atoms with Crippen LogP contribution in [-0.4, -0.2) is 53.3 Å². The molecule has 134 valence electrons. The van der Waals surface area contributed by atoms with Crippen molar-refractivity contribution in [1.82, 2.24) is 24.4 Å². The fraction of sp³-hybridized carbons (Fsp3) is 0.800. The largest absolute Gasteiger partial charge is 0.332 e. The molecule has 1 aromatic rings. The van der Waals surface area contributed by atoms with E-state index in [1.54, 1.807) is 0 Å². The van der Waals surface area contributed by atoms with E-state index < -0.39 is 10.0 Å². The summed E-state index contributed by atoms with van der Waals surface area (Å²) in [5.74, 6) is 1.90. The van der Waals surface area contributed by atoms with Crippen molar-refractivity contribution < 1.29 is 13.2 Å². The maximum atomic E-state index is 12.5. The molecule has 0 bridgehead atoms. The number of carbonyl (C=O) groups excluding carboxylic acids is 1. The van der Waals surface area contributed by atoms with Gasteiger partial charge in [-0.05, 0) is 25.7 Å². The van der Waals surface area contributed by atoms with Crippen molar-refractivity contribution in [3.63, 3.8) is 0 Å². The Labute approximate surface area is 142 Å². The van der Waals surface area contributed by atoms with Crippen molar-refractivity contribution in [3.05, 3.63) is 11.6 Å². The molecular formula is C15H25N5O3S. The summed E-state index contributed by atoms with van der Waals surface area (Å²) >= 11 is 0. The number of amides is 1. The molecule has 1 saturated heterocycles. The molecule has 0 saturated carbocycles. The zero-order valence-corrected chi connectivity index (χ0v) is 14.9. The van der Waals surface area contributed by atoms with Gasteiger partial charge < -0.3 is 9.47 Å². The minimum Gasteiger partial charge on any atom is -0.332 e. The highest BCUT2D eigenvalue weighted by atomic mass is 32.2. The number of rotatable bonds is 5. The Morgan fingerprint density at radius 3 is 2.83 bits per heavy atom. The van der Waals surface area contributed by atoms with Crippen LogP contribution in [0.25, 0.3) is 0 Å². The topological polar surface area (TPSA) is 97.2 Å². The molecule has 1 aromatic heterocycles. The molecule has 2 aliphatic heterocycles. The second-order valence-electron chi connectivity index (χ2n) is 6.60. The van der Waals surface area contributed by atoms with Gasteiger partial charge in [0.15, 0.2) is 5.82 Å². The van der Waals surface area contributed by atoms with Gasteiger partial charge in [-0.25, -0.2) is 13.1 Å². The van der Waals surface area contributed by atoms with E-state index >= 15 is 0 Å². The number of fused-ring (bicyclic) bond motifs is 1. The lowest BCUT2D eigenvalue weighted by Gasteiger charge is -2.24. The third-order valence-corrected chi connectivity index (χ3v) is 5.44. The van der Waals surface area contributed by atoms with Gasteiger partial charge in [-0.15, -0.1) is 10.2 Å².